The van der Waals surface area contributed by atoms with Crippen molar-refractivity contribution in [3.05, 3.63) is 92.4 Å². The third-order valence-corrected chi connectivity index (χ3v) is 5.86. The van der Waals surface area contributed by atoms with Crippen LogP contribution in [0.3, 0.4) is 0 Å². The van der Waals surface area contributed by atoms with Gasteiger partial charge in [-0.3, -0.25) is 14.7 Å². The van der Waals surface area contributed by atoms with Crippen molar-refractivity contribution in [3.63, 3.8) is 0 Å². The monoisotopic (exact) mass is 493 g/mol. The summed E-state index contributed by atoms with van der Waals surface area (Å²) in [7, 11) is 2.30. The van der Waals surface area contributed by atoms with E-state index in [1.54, 1.807) is 42.5 Å². The number of carbonyl (C=O) groups is 3. The number of para-hydroxylation sites is 1. The van der Waals surface area contributed by atoms with Gasteiger partial charge in [0.2, 0.25) is 0 Å². The fourth-order valence-electron chi connectivity index (χ4n) is 3.90. The van der Waals surface area contributed by atoms with E-state index >= 15 is 0 Å². The summed E-state index contributed by atoms with van der Waals surface area (Å²) in [4.78, 5) is 56.9. The second-order valence-electron chi connectivity index (χ2n) is 7.64. The molecule has 35 heavy (non-hydrogen) atoms. The number of hydrogen-bond donors (Lipinski definition) is 1. The van der Waals surface area contributed by atoms with Crippen molar-refractivity contribution >= 4 is 40.4 Å². The number of ketones is 1. The summed E-state index contributed by atoms with van der Waals surface area (Å²) in [6, 6.07) is 14.8. The lowest BCUT2D eigenvalue weighted by Gasteiger charge is -2.18. The fraction of sp³-hybridized carbons (Fsp3) is 0.160. The van der Waals surface area contributed by atoms with Gasteiger partial charge in [-0.2, -0.15) is 0 Å². The number of nitrogens with zero attached hydrogens (tertiary/aromatic N) is 2. The zero-order valence-corrected chi connectivity index (χ0v) is 19.8. The number of nitrogens with one attached hydrogen (secondary N) is 1. The summed E-state index contributed by atoms with van der Waals surface area (Å²) < 4.78 is 11.0. The molecule has 178 valence electrons. The first kappa shape index (κ1) is 23.9. The number of pyridine rings is 1. The quantitative estimate of drug-likeness (QED) is 0.319. The van der Waals surface area contributed by atoms with Gasteiger partial charge in [0.15, 0.2) is 17.1 Å². The van der Waals surface area contributed by atoms with E-state index in [1.165, 1.54) is 23.7 Å². The van der Waals surface area contributed by atoms with Gasteiger partial charge in [-0.1, -0.05) is 36.7 Å². The summed E-state index contributed by atoms with van der Waals surface area (Å²) in [6.07, 6.45) is 0. The average Bonchev–Trinajstić information content (AvgIpc) is 3.22. The molecule has 0 saturated heterocycles. The number of ether oxygens (including phenoxy) is 2. The molecule has 0 aliphatic carbocycles. The highest BCUT2D eigenvalue weighted by Gasteiger charge is 2.34. The maximum absolute atomic E-state index is 13.4. The Hall–Kier alpha value is -4.24. The summed E-state index contributed by atoms with van der Waals surface area (Å²) in [5.41, 5.74) is -0.424. The highest BCUT2D eigenvalue weighted by Crippen LogP contribution is 2.32. The molecule has 1 N–H and O–H groups in total. The number of benzene rings is 2. The van der Waals surface area contributed by atoms with Crippen LogP contribution in [0.1, 0.15) is 49.6 Å². The Morgan fingerprint density at radius 3 is 2.20 bits per heavy atom. The van der Waals surface area contributed by atoms with E-state index in [0.29, 0.717) is 16.3 Å². The smallest absolute Gasteiger partial charge is 0.357 e. The van der Waals surface area contributed by atoms with Crippen LogP contribution in [0.4, 0.5) is 0 Å². The van der Waals surface area contributed by atoms with Gasteiger partial charge >= 0.3 is 11.9 Å². The molecule has 2 aromatic heterocycles. The van der Waals surface area contributed by atoms with Crippen molar-refractivity contribution in [2.24, 2.45) is 0 Å². The van der Waals surface area contributed by atoms with Crippen molar-refractivity contribution < 1.29 is 23.9 Å². The SMILES string of the molecule is COC(=O)c1nc2[nH]n(-c3ccccc3)c(=O)c2c(C(=O)OC)c1C(C)C(=O)c1ccc(Cl)cc1. The first-order chi connectivity index (χ1) is 16.8. The molecule has 4 rings (SSSR count). The molecule has 4 aromatic rings. The number of fused-ring (bicyclic) bond motifs is 1. The third kappa shape index (κ3) is 4.22. The number of aromatic nitrogens is 3. The van der Waals surface area contributed by atoms with E-state index in [2.05, 4.69) is 10.1 Å². The van der Waals surface area contributed by atoms with Gasteiger partial charge < -0.3 is 9.47 Å². The lowest BCUT2D eigenvalue weighted by Crippen LogP contribution is -2.23. The molecule has 2 heterocycles. The van der Waals surface area contributed by atoms with Crippen LogP contribution in [0.5, 0.6) is 0 Å². The number of H-pyrrole nitrogens is 1. The predicted molar refractivity (Wildman–Crippen MR) is 129 cm³/mol. The fourth-order valence-corrected chi connectivity index (χ4v) is 4.03. The Bertz CT molecular complexity index is 1510. The van der Waals surface area contributed by atoms with Crippen LogP contribution in [-0.2, 0) is 9.47 Å². The van der Waals surface area contributed by atoms with E-state index in [4.69, 9.17) is 21.1 Å². The Morgan fingerprint density at radius 2 is 1.60 bits per heavy atom. The molecule has 2 aromatic carbocycles. The summed E-state index contributed by atoms with van der Waals surface area (Å²) in [5.74, 6) is -3.26. The van der Waals surface area contributed by atoms with E-state index in [1.807, 2.05) is 0 Å². The summed E-state index contributed by atoms with van der Waals surface area (Å²) in [6.45, 7) is 1.51. The van der Waals surface area contributed by atoms with Crippen LogP contribution in [0.15, 0.2) is 59.4 Å². The third-order valence-electron chi connectivity index (χ3n) is 5.61. The predicted octanol–water partition coefficient (Wildman–Crippen LogP) is 3.93. The number of rotatable bonds is 6. The molecule has 1 unspecified atom stereocenters. The molecular weight excluding hydrogens is 474 g/mol. The number of aromatic amines is 1. The normalized spacial score (nSPS) is 11.8. The van der Waals surface area contributed by atoms with Gasteiger partial charge in [0.1, 0.15) is 5.39 Å². The van der Waals surface area contributed by atoms with Gasteiger partial charge in [0.25, 0.3) is 5.56 Å². The molecule has 0 aliphatic rings. The highest BCUT2D eigenvalue weighted by atomic mass is 35.5. The van der Waals surface area contributed by atoms with Crippen molar-refractivity contribution in [1.82, 2.24) is 14.8 Å². The maximum atomic E-state index is 13.4. The molecule has 0 radical (unpaired) electrons. The summed E-state index contributed by atoms with van der Waals surface area (Å²) >= 11 is 5.94. The number of methoxy groups -OCH3 is 2. The molecule has 9 nitrogen and oxygen atoms in total. The van der Waals surface area contributed by atoms with E-state index < -0.39 is 29.2 Å². The van der Waals surface area contributed by atoms with Gasteiger partial charge in [0, 0.05) is 22.1 Å². The van der Waals surface area contributed by atoms with Crippen LogP contribution in [0.25, 0.3) is 16.7 Å². The second kappa shape index (κ2) is 9.55. The standard InChI is InChI=1S/C25H20ClN3O6/c1-13(21(30)14-9-11-15(26)12-10-14)17-18(24(32)34-2)19-22(27-20(17)25(33)35-3)28-29(23(19)31)16-7-5-4-6-8-16/h4-13H,1-3H3,(H,27,28). The molecule has 0 bridgehead atoms. The minimum absolute atomic E-state index is 0.0328. The molecule has 0 saturated carbocycles. The zero-order chi connectivity index (χ0) is 25.3. The highest BCUT2D eigenvalue weighted by molar-refractivity contribution is 6.30. The average molecular weight is 494 g/mol. The Balaban J connectivity index is 2.05. The van der Waals surface area contributed by atoms with Gasteiger partial charge in [0.05, 0.1) is 25.5 Å². The lowest BCUT2D eigenvalue weighted by molar-refractivity contribution is 0.0591. The first-order valence-electron chi connectivity index (χ1n) is 10.5. The molecule has 0 fully saturated rings. The number of esters is 2. The zero-order valence-electron chi connectivity index (χ0n) is 19.0. The number of hydrogen-bond acceptors (Lipinski definition) is 7. The van der Waals surface area contributed by atoms with Gasteiger partial charge in [-0.15, -0.1) is 0 Å². The number of carbonyl (C=O) groups excluding carboxylic acids is 3. The van der Waals surface area contributed by atoms with Crippen LogP contribution in [0.2, 0.25) is 5.02 Å². The van der Waals surface area contributed by atoms with Crippen LogP contribution >= 0.6 is 11.6 Å². The van der Waals surface area contributed by atoms with Crippen molar-refractivity contribution in [3.8, 4) is 5.69 Å². The van der Waals surface area contributed by atoms with Crippen LogP contribution in [-0.4, -0.2) is 46.7 Å². The van der Waals surface area contributed by atoms with Crippen molar-refractivity contribution in [1.29, 1.82) is 0 Å². The minimum Gasteiger partial charge on any atom is -0.465 e. The Labute approximate surface area is 204 Å². The van der Waals surface area contributed by atoms with Crippen molar-refractivity contribution in [2.45, 2.75) is 12.8 Å². The minimum atomic E-state index is -1.06. The molecular formula is C25H20ClN3O6. The van der Waals surface area contributed by atoms with Crippen molar-refractivity contribution in [2.75, 3.05) is 14.2 Å². The number of halogens is 1. The molecule has 0 spiro atoms. The summed E-state index contributed by atoms with van der Waals surface area (Å²) in [5, 5.41) is 3.16. The van der Waals surface area contributed by atoms with Crippen LogP contribution < -0.4 is 5.56 Å². The second-order valence-corrected chi connectivity index (χ2v) is 8.07. The molecule has 0 aliphatic heterocycles. The van der Waals surface area contributed by atoms with E-state index in [-0.39, 0.29) is 27.9 Å². The molecule has 1 atom stereocenters. The topological polar surface area (TPSA) is 120 Å². The maximum Gasteiger partial charge on any atom is 0.357 e. The van der Waals surface area contributed by atoms with Gasteiger partial charge in [-0.05, 0) is 36.4 Å². The Kier molecular flexibility index (Phi) is 6.52. The lowest BCUT2D eigenvalue weighted by atomic mass is 9.87. The van der Waals surface area contributed by atoms with Gasteiger partial charge in [-0.25, -0.2) is 19.3 Å². The number of Topliss-reactive ketones (excluding diaryl/α,β-unsaturated/α-hetero) is 1. The molecule has 0 amide bonds. The Morgan fingerprint density at radius 1 is 0.971 bits per heavy atom. The largest absolute Gasteiger partial charge is 0.465 e. The first-order valence-corrected chi connectivity index (χ1v) is 10.9. The van der Waals surface area contributed by atoms with E-state index in [9.17, 15) is 19.2 Å². The molecule has 10 heteroatoms. The van der Waals surface area contributed by atoms with E-state index in [0.717, 1.165) is 14.2 Å². The van der Waals surface area contributed by atoms with Crippen LogP contribution in [0, 0.1) is 0 Å².